The Morgan fingerprint density at radius 2 is 2.29 bits per heavy atom. The molecule has 6 heteroatoms. The predicted octanol–water partition coefficient (Wildman–Crippen LogP) is 5.36. The van der Waals surface area contributed by atoms with E-state index in [-0.39, 0.29) is 16.8 Å². The Bertz CT molecular complexity index is 680. The molecule has 1 aliphatic rings. The van der Waals surface area contributed by atoms with Gasteiger partial charge >= 0.3 is 0 Å². The number of carbonyl (C=O) groups excluding carboxylic acids is 1. The van der Waals surface area contributed by atoms with Crippen molar-refractivity contribution in [3.63, 3.8) is 0 Å². The lowest BCUT2D eigenvalue weighted by Crippen LogP contribution is -2.24. The molecule has 0 saturated heterocycles. The molecular weight excluding hydrogens is 377 g/mol. The minimum absolute atomic E-state index is 0.0939. The van der Waals surface area contributed by atoms with Crippen molar-refractivity contribution in [2.75, 3.05) is 5.32 Å². The molecule has 0 bridgehead atoms. The van der Waals surface area contributed by atoms with Gasteiger partial charge in [0.15, 0.2) is 0 Å². The number of carbonyl (C=O) groups is 1. The Kier molecular flexibility index (Phi) is 4.33. The van der Waals surface area contributed by atoms with Crippen LogP contribution in [0.15, 0.2) is 28.1 Å². The van der Waals surface area contributed by atoms with E-state index in [9.17, 15) is 9.18 Å². The number of rotatable bonds is 2. The Morgan fingerprint density at radius 3 is 3.05 bits per heavy atom. The molecule has 110 valence electrons. The zero-order chi connectivity index (χ0) is 15.0. The van der Waals surface area contributed by atoms with Crippen molar-refractivity contribution in [1.29, 1.82) is 0 Å². The van der Waals surface area contributed by atoms with Gasteiger partial charge in [0, 0.05) is 9.35 Å². The van der Waals surface area contributed by atoms with E-state index in [2.05, 4.69) is 21.2 Å². The quantitative estimate of drug-likeness (QED) is 0.737. The van der Waals surface area contributed by atoms with Gasteiger partial charge in [0.05, 0.1) is 16.6 Å². The number of anilines is 1. The molecule has 0 spiro atoms. The molecule has 3 rings (SSSR count). The highest BCUT2D eigenvalue weighted by Gasteiger charge is 2.28. The maximum absolute atomic E-state index is 13.2. The third-order valence-electron chi connectivity index (χ3n) is 3.62. The number of thiophene rings is 1. The second kappa shape index (κ2) is 6.07. The SMILES string of the molecule is O=C(Nc1c(Cl)cc(F)cc1Br)C1CCCc2sccc21. The van der Waals surface area contributed by atoms with Crippen LogP contribution in [0, 0.1) is 5.82 Å². The minimum Gasteiger partial charge on any atom is -0.323 e. The van der Waals surface area contributed by atoms with Gasteiger partial charge in [-0.15, -0.1) is 11.3 Å². The van der Waals surface area contributed by atoms with E-state index in [4.69, 9.17) is 11.6 Å². The van der Waals surface area contributed by atoms with Gasteiger partial charge in [0.2, 0.25) is 5.91 Å². The first kappa shape index (κ1) is 15.0. The lowest BCUT2D eigenvalue weighted by atomic mass is 9.87. The number of amides is 1. The zero-order valence-electron chi connectivity index (χ0n) is 11.0. The van der Waals surface area contributed by atoms with Gasteiger partial charge in [-0.2, -0.15) is 0 Å². The first-order chi connectivity index (χ1) is 10.1. The molecule has 1 amide bonds. The molecular formula is C15H12BrClFNOS. The zero-order valence-corrected chi connectivity index (χ0v) is 14.1. The number of fused-ring (bicyclic) bond motifs is 1. The summed E-state index contributed by atoms with van der Waals surface area (Å²) in [7, 11) is 0. The summed E-state index contributed by atoms with van der Waals surface area (Å²) < 4.78 is 13.7. The smallest absolute Gasteiger partial charge is 0.232 e. The number of aryl methyl sites for hydroxylation is 1. The Balaban J connectivity index is 1.86. The van der Waals surface area contributed by atoms with Crippen LogP contribution in [-0.2, 0) is 11.2 Å². The molecule has 1 aliphatic carbocycles. The van der Waals surface area contributed by atoms with Crippen LogP contribution < -0.4 is 5.32 Å². The third-order valence-corrected chi connectivity index (χ3v) is 5.54. The number of halogens is 3. The van der Waals surface area contributed by atoms with Gasteiger partial charge in [0.1, 0.15) is 5.82 Å². The highest BCUT2D eigenvalue weighted by Crippen LogP contribution is 2.37. The third kappa shape index (κ3) is 3.00. The predicted molar refractivity (Wildman–Crippen MR) is 87.7 cm³/mol. The number of benzene rings is 1. The van der Waals surface area contributed by atoms with Crippen molar-refractivity contribution in [3.8, 4) is 0 Å². The highest BCUT2D eigenvalue weighted by molar-refractivity contribution is 9.10. The van der Waals surface area contributed by atoms with Crippen LogP contribution in [0.2, 0.25) is 5.02 Å². The molecule has 0 radical (unpaired) electrons. The summed E-state index contributed by atoms with van der Waals surface area (Å²) in [6, 6.07) is 4.50. The maximum atomic E-state index is 13.2. The van der Waals surface area contributed by atoms with Gasteiger partial charge in [-0.05, 0) is 64.3 Å². The van der Waals surface area contributed by atoms with Crippen LogP contribution in [-0.4, -0.2) is 5.91 Å². The average molecular weight is 389 g/mol. The van der Waals surface area contributed by atoms with Gasteiger partial charge in [-0.3, -0.25) is 4.79 Å². The standard InChI is InChI=1S/C15H12BrClFNOS/c16-11-6-8(18)7-12(17)14(11)19-15(20)10-2-1-3-13-9(10)4-5-21-13/h4-7,10H,1-3H2,(H,19,20). The monoisotopic (exact) mass is 387 g/mol. The molecule has 0 saturated carbocycles. The molecule has 21 heavy (non-hydrogen) atoms. The topological polar surface area (TPSA) is 29.1 Å². The fourth-order valence-electron chi connectivity index (χ4n) is 2.63. The Hall–Kier alpha value is -0.910. The molecule has 1 N–H and O–H groups in total. The van der Waals surface area contributed by atoms with E-state index in [1.807, 2.05) is 11.4 Å². The van der Waals surface area contributed by atoms with Crippen LogP contribution in [0.3, 0.4) is 0 Å². The van der Waals surface area contributed by atoms with Gasteiger partial charge < -0.3 is 5.32 Å². The van der Waals surface area contributed by atoms with E-state index >= 15 is 0 Å². The Morgan fingerprint density at radius 1 is 1.48 bits per heavy atom. The highest BCUT2D eigenvalue weighted by atomic mass is 79.9. The normalized spacial score (nSPS) is 17.4. The fourth-order valence-corrected chi connectivity index (χ4v) is 4.52. The molecule has 1 heterocycles. The van der Waals surface area contributed by atoms with Crippen molar-refractivity contribution in [3.05, 3.63) is 49.3 Å². The molecule has 2 aromatic rings. The summed E-state index contributed by atoms with van der Waals surface area (Å²) >= 11 is 10.9. The summed E-state index contributed by atoms with van der Waals surface area (Å²) in [6.45, 7) is 0. The van der Waals surface area contributed by atoms with Crippen LogP contribution >= 0.6 is 38.9 Å². The lowest BCUT2D eigenvalue weighted by molar-refractivity contribution is -0.117. The fraction of sp³-hybridized carbons (Fsp3) is 0.267. The summed E-state index contributed by atoms with van der Waals surface area (Å²) in [5.74, 6) is -0.695. The van der Waals surface area contributed by atoms with Crippen LogP contribution in [0.4, 0.5) is 10.1 Å². The van der Waals surface area contributed by atoms with Crippen molar-refractivity contribution in [1.82, 2.24) is 0 Å². The van der Waals surface area contributed by atoms with Crippen LogP contribution in [0.5, 0.6) is 0 Å². The minimum atomic E-state index is -0.442. The van der Waals surface area contributed by atoms with Gasteiger partial charge in [0.25, 0.3) is 0 Å². The van der Waals surface area contributed by atoms with E-state index in [0.29, 0.717) is 10.2 Å². The van der Waals surface area contributed by atoms with E-state index in [1.54, 1.807) is 11.3 Å². The molecule has 0 aliphatic heterocycles. The van der Waals surface area contributed by atoms with Crippen molar-refractivity contribution < 1.29 is 9.18 Å². The molecule has 2 nitrogen and oxygen atoms in total. The molecule has 1 aromatic heterocycles. The summed E-state index contributed by atoms with van der Waals surface area (Å²) in [4.78, 5) is 13.8. The van der Waals surface area contributed by atoms with Crippen molar-refractivity contribution in [2.45, 2.75) is 25.2 Å². The lowest BCUT2D eigenvalue weighted by Gasteiger charge is -2.22. The summed E-state index contributed by atoms with van der Waals surface area (Å²) in [5, 5.41) is 5.04. The largest absolute Gasteiger partial charge is 0.323 e. The van der Waals surface area contributed by atoms with E-state index < -0.39 is 5.82 Å². The van der Waals surface area contributed by atoms with Gasteiger partial charge in [-0.1, -0.05) is 11.6 Å². The number of hydrogen-bond acceptors (Lipinski definition) is 2. The summed E-state index contributed by atoms with van der Waals surface area (Å²) in [5.41, 5.74) is 1.53. The maximum Gasteiger partial charge on any atom is 0.232 e. The van der Waals surface area contributed by atoms with Gasteiger partial charge in [-0.25, -0.2) is 4.39 Å². The van der Waals surface area contributed by atoms with Crippen molar-refractivity contribution >= 4 is 50.5 Å². The number of nitrogens with one attached hydrogen (secondary N) is 1. The van der Waals surface area contributed by atoms with E-state index in [0.717, 1.165) is 24.8 Å². The second-order valence-electron chi connectivity index (χ2n) is 4.98. The first-order valence-electron chi connectivity index (χ1n) is 6.58. The summed E-state index contributed by atoms with van der Waals surface area (Å²) in [6.07, 6.45) is 2.87. The molecule has 1 aromatic carbocycles. The molecule has 0 fully saturated rings. The van der Waals surface area contributed by atoms with Crippen molar-refractivity contribution in [2.24, 2.45) is 0 Å². The second-order valence-corrected chi connectivity index (χ2v) is 7.24. The van der Waals surface area contributed by atoms with Crippen LogP contribution in [0.25, 0.3) is 0 Å². The Labute approximate surface area is 139 Å². The average Bonchev–Trinajstić information content (AvgIpc) is 2.90. The van der Waals surface area contributed by atoms with Crippen LogP contribution in [0.1, 0.15) is 29.2 Å². The first-order valence-corrected chi connectivity index (χ1v) is 8.63. The molecule has 1 unspecified atom stereocenters. The van der Waals surface area contributed by atoms with E-state index in [1.165, 1.54) is 17.0 Å². The molecule has 1 atom stereocenters. The number of hydrogen-bond donors (Lipinski definition) is 1.